The van der Waals surface area contributed by atoms with E-state index in [2.05, 4.69) is 30.9 Å². The smallest absolute Gasteiger partial charge is 0.338 e. The summed E-state index contributed by atoms with van der Waals surface area (Å²) < 4.78 is 11.0. The van der Waals surface area contributed by atoms with Gasteiger partial charge in [0.25, 0.3) is 0 Å². The molecule has 5 nitrogen and oxygen atoms in total. The van der Waals surface area contributed by atoms with Gasteiger partial charge in [-0.05, 0) is 44.9 Å². The van der Waals surface area contributed by atoms with Crippen LogP contribution in [-0.2, 0) is 16.0 Å². The first-order chi connectivity index (χ1) is 11.9. The first-order valence-electron chi connectivity index (χ1n) is 8.89. The number of fused-ring (bicyclic) bond motifs is 1. The number of hydrogen-bond donors (Lipinski definition) is 1. The Morgan fingerprint density at radius 1 is 1.40 bits per heavy atom. The second-order valence-electron chi connectivity index (χ2n) is 7.45. The third-order valence-electron chi connectivity index (χ3n) is 5.42. The van der Waals surface area contributed by atoms with E-state index in [9.17, 15) is 9.90 Å². The number of esters is 1. The van der Waals surface area contributed by atoms with E-state index >= 15 is 0 Å². The molecule has 3 rings (SSSR count). The van der Waals surface area contributed by atoms with Crippen LogP contribution >= 0.6 is 0 Å². The molecule has 0 aliphatic carbocycles. The Kier molecular flexibility index (Phi) is 5.04. The standard InChI is InChI=1S/C20H27NO4/c1-20(2)15(12-14-6-4-5-7-18(14)25-20)8-10-21-11-9-17(22)16(13-21)19(23)24-3/h4-7,15,22H,8-13H2,1-3H3. The fourth-order valence-electron chi connectivity index (χ4n) is 3.74. The SMILES string of the molecule is COC(=O)C1=C(O)CCN(CCC2Cc3ccccc3OC2(C)C)C1. The number of methoxy groups -OCH3 is 1. The minimum Gasteiger partial charge on any atom is -0.512 e. The monoisotopic (exact) mass is 345 g/mol. The van der Waals surface area contributed by atoms with Crippen LogP contribution in [0.5, 0.6) is 5.75 Å². The molecule has 0 bridgehead atoms. The van der Waals surface area contributed by atoms with E-state index in [1.807, 2.05) is 12.1 Å². The van der Waals surface area contributed by atoms with Gasteiger partial charge >= 0.3 is 5.97 Å². The second-order valence-corrected chi connectivity index (χ2v) is 7.45. The van der Waals surface area contributed by atoms with E-state index in [-0.39, 0.29) is 11.4 Å². The average Bonchev–Trinajstić information content (AvgIpc) is 2.59. The maximum atomic E-state index is 11.8. The Morgan fingerprint density at radius 2 is 2.16 bits per heavy atom. The van der Waals surface area contributed by atoms with Crippen molar-refractivity contribution in [1.82, 2.24) is 4.90 Å². The van der Waals surface area contributed by atoms with Gasteiger partial charge in [-0.2, -0.15) is 0 Å². The highest BCUT2D eigenvalue weighted by Crippen LogP contribution is 2.38. The number of ether oxygens (including phenoxy) is 2. The van der Waals surface area contributed by atoms with Crippen molar-refractivity contribution in [2.24, 2.45) is 5.92 Å². The minimum absolute atomic E-state index is 0.165. The normalized spacial score (nSPS) is 22.9. The molecule has 1 atom stereocenters. The van der Waals surface area contributed by atoms with Gasteiger partial charge in [0.15, 0.2) is 0 Å². The summed E-state index contributed by atoms with van der Waals surface area (Å²) in [6.45, 7) is 6.37. The Bertz CT molecular complexity index is 680. The van der Waals surface area contributed by atoms with E-state index in [0.717, 1.165) is 31.7 Å². The lowest BCUT2D eigenvalue weighted by Crippen LogP contribution is -2.44. The molecule has 2 aliphatic heterocycles. The van der Waals surface area contributed by atoms with Crippen molar-refractivity contribution in [3.63, 3.8) is 0 Å². The van der Waals surface area contributed by atoms with Crippen molar-refractivity contribution in [2.75, 3.05) is 26.7 Å². The highest BCUT2D eigenvalue weighted by Gasteiger charge is 2.37. The number of carbonyl (C=O) groups excluding carboxylic acids is 1. The number of para-hydroxylation sites is 1. The average molecular weight is 345 g/mol. The van der Waals surface area contributed by atoms with Crippen LogP contribution in [0.15, 0.2) is 35.6 Å². The lowest BCUT2D eigenvalue weighted by Gasteiger charge is -2.41. The molecular formula is C20H27NO4. The van der Waals surface area contributed by atoms with Gasteiger partial charge < -0.3 is 14.6 Å². The number of nitrogens with zero attached hydrogens (tertiary/aromatic N) is 1. The van der Waals surface area contributed by atoms with E-state index in [0.29, 0.717) is 24.5 Å². The Hall–Kier alpha value is -2.01. The van der Waals surface area contributed by atoms with Crippen LogP contribution < -0.4 is 4.74 Å². The van der Waals surface area contributed by atoms with Crippen LogP contribution in [0, 0.1) is 5.92 Å². The fraction of sp³-hybridized carbons (Fsp3) is 0.550. The summed E-state index contributed by atoms with van der Waals surface area (Å²) in [7, 11) is 1.35. The molecule has 0 saturated heterocycles. The van der Waals surface area contributed by atoms with Gasteiger partial charge in [0, 0.05) is 25.4 Å². The van der Waals surface area contributed by atoms with Gasteiger partial charge in [-0.25, -0.2) is 4.79 Å². The molecule has 0 spiro atoms. The molecule has 1 unspecified atom stereocenters. The van der Waals surface area contributed by atoms with E-state index in [4.69, 9.17) is 9.47 Å². The molecule has 0 aromatic heterocycles. The van der Waals surface area contributed by atoms with E-state index < -0.39 is 5.97 Å². The van der Waals surface area contributed by atoms with Crippen LogP contribution in [0.1, 0.15) is 32.3 Å². The van der Waals surface area contributed by atoms with Crippen LogP contribution in [0.4, 0.5) is 0 Å². The van der Waals surface area contributed by atoms with Crippen LogP contribution in [0.2, 0.25) is 0 Å². The molecule has 0 radical (unpaired) electrons. The van der Waals surface area contributed by atoms with Crippen LogP contribution in [0.3, 0.4) is 0 Å². The third-order valence-corrected chi connectivity index (χ3v) is 5.42. The molecule has 1 aromatic rings. The zero-order valence-corrected chi connectivity index (χ0v) is 15.2. The molecular weight excluding hydrogens is 318 g/mol. The van der Waals surface area contributed by atoms with Crippen molar-refractivity contribution in [3.05, 3.63) is 41.2 Å². The summed E-state index contributed by atoms with van der Waals surface area (Å²) in [5.41, 5.74) is 1.43. The van der Waals surface area contributed by atoms with Gasteiger partial charge in [0.1, 0.15) is 17.1 Å². The zero-order valence-electron chi connectivity index (χ0n) is 15.2. The van der Waals surface area contributed by atoms with Crippen molar-refractivity contribution in [1.29, 1.82) is 0 Å². The van der Waals surface area contributed by atoms with Gasteiger partial charge in [-0.15, -0.1) is 0 Å². The molecule has 0 saturated carbocycles. The quantitative estimate of drug-likeness (QED) is 0.850. The summed E-state index contributed by atoms with van der Waals surface area (Å²) in [5.74, 6) is 1.13. The maximum absolute atomic E-state index is 11.8. The number of aliphatic hydroxyl groups is 1. The molecule has 0 fully saturated rings. The molecule has 2 aliphatic rings. The van der Waals surface area contributed by atoms with Crippen molar-refractivity contribution in [3.8, 4) is 5.75 Å². The summed E-state index contributed by atoms with van der Waals surface area (Å²) in [6, 6.07) is 8.23. The third kappa shape index (κ3) is 3.82. The molecule has 2 heterocycles. The number of hydrogen-bond acceptors (Lipinski definition) is 5. The van der Waals surface area contributed by atoms with E-state index in [1.54, 1.807) is 0 Å². The summed E-state index contributed by atoms with van der Waals surface area (Å²) >= 11 is 0. The number of benzene rings is 1. The first-order valence-corrected chi connectivity index (χ1v) is 8.89. The molecule has 0 amide bonds. The number of carbonyl (C=O) groups is 1. The number of aliphatic hydroxyl groups excluding tert-OH is 1. The largest absolute Gasteiger partial charge is 0.512 e. The van der Waals surface area contributed by atoms with Crippen molar-refractivity contribution < 1.29 is 19.4 Å². The maximum Gasteiger partial charge on any atom is 0.338 e. The minimum atomic E-state index is -0.433. The van der Waals surface area contributed by atoms with Crippen molar-refractivity contribution in [2.45, 2.75) is 38.7 Å². The second kappa shape index (κ2) is 7.08. The predicted molar refractivity (Wildman–Crippen MR) is 95.7 cm³/mol. The molecule has 25 heavy (non-hydrogen) atoms. The van der Waals surface area contributed by atoms with Gasteiger partial charge in [-0.1, -0.05) is 18.2 Å². The molecule has 5 heteroatoms. The van der Waals surface area contributed by atoms with E-state index in [1.165, 1.54) is 12.7 Å². The highest BCUT2D eigenvalue weighted by atomic mass is 16.5. The van der Waals surface area contributed by atoms with Crippen LogP contribution in [-0.4, -0.2) is 48.3 Å². The van der Waals surface area contributed by atoms with Gasteiger partial charge in [0.2, 0.25) is 0 Å². The topological polar surface area (TPSA) is 59.0 Å². The molecule has 1 N–H and O–H groups in total. The Balaban J connectivity index is 1.63. The molecule has 1 aromatic carbocycles. The number of rotatable bonds is 4. The van der Waals surface area contributed by atoms with Gasteiger partial charge in [-0.3, -0.25) is 4.90 Å². The first kappa shape index (κ1) is 17.8. The lowest BCUT2D eigenvalue weighted by molar-refractivity contribution is -0.136. The Labute approximate surface area is 149 Å². The Morgan fingerprint density at radius 3 is 2.92 bits per heavy atom. The highest BCUT2D eigenvalue weighted by molar-refractivity contribution is 5.89. The summed E-state index contributed by atoms with van der Waals surface area (Å²) in [6.07, 6.45) is 2.48. The summed E-state index contributed by atoms with van der Waals surface area (Å²) in [4.78, 5) is 14.0. The van der Waals surface area contributed by atoms with Crippen molar-refractivity contribution >= 4 is 5.97 Å². The fourth-order valence-corrected chi connectivity index (χ4v) is 3.74. The predicted octanol–water partition coefficient (Wildman–Crippen LogP) is 3.10. The zero-order chi connectivity index (χ0) is 18.0. The van der Waals surface area contributed by atoms with Crippen LogP contribution in [0.25, 0.3) is 0 Å². The van der Waals surface area contributed by atoms with Gasteiger partial charge in [0.05, 0.1) is 12.7 Å². The molecule has 136 valence electrons. The summed E-state index contributed by atoms with van der Waals surface area (Å²) in [5, 5.41) is 9.93. The lowest BCUT2D eigenvalue weighted by atomic mass is 9.80.